The van der Waals surface area contributed by atoms with Crippen LogP contribution in [0.3, 0.4) is 0 Å². The Kier molecular flexibility index (Phi) is 5.26. The van der Waals surface area contributed by atoms with Crippen LogP contribution in [0.15, 0.2) is 41.5 Å². The van der Waals surface area contributed by atoms with Crippen LogP contribution >= 0.6 is 11.3 Å². The Labute approximate surface area is 131 Å². The number of carbonyl (C=O) groups is 2. The van der Waals surface area contributed by atoms with E-state index >= 15 is 0 Å². The van der Waals surface area contributed by atoms with E-state index in [1.54, 1.807) is 19.1 Å². The van der Waals surface area contributed by atoms with Crippen LogP contribution < -0.4 is 5.32 Å². The molecule has 114 valence electrons. The third-order valence-electron chi connectivity index (χ3n) is 2.49. The smallest absolute Gasteiger partial charge is 0.350 e. The Bertz CT molecular complexity index is 701. The van der Waals surface area contributed by atoms with Crippen LogP contribution in [0.2, 0.25) is 0 Å². The Hall–Kier alpha value is -2.67. The van der Waals surface area contributed by atoms with Gasteiger partial charge in [0.05, 0.1) is 12.0 Å². The number of furan rings is 1. The average molecular weight is 318 g/mol. The van der Waals surface area contributed by atoms with Gasteiger partial charge in [-0.15, -0.1) is 0 Å². The number of carbonyl (C=O) groups excluding carboxylic acids is 2. The van der Waals surface area contributed by atoms with E-state index in [9.17, 15) is 9.59 Å². The number of thiazole rings is 1. The SMILES string of the molecule is C=CCOC(=O)c1sc(NC(=O)C=Cc2ccco2)nc1C. The van der Waals surface area contributed by atoms with Gasteiger partial charge in [-0.05, 0) is 25.1 Å². The predicted molar refractivity (Wildman–Crippen MR) is 83.7 cm³/mol. The summed E-state index contributed by atoms with van der Waals surface area (Å²) in [6.45, 7) is 5.28. The second-order valence-corrected chi connectivity index (χ2v) is 5.16. The van der Waals surface area contributed by atoms with E-state index in [4.69, 9.17) is 9.15 Å². The molecule has 0 aliphatic rings. The lowest BCUT2D eigenvalue weighted by atomic mass is 10.4. The average Bonchev–Trinajstić information content (AvgIpc) is 3.12. The Morgan fingerprint density at radius 1 is 1.55 bits per heavy atom. The van der Waals surface area contributed by atoms with E-state index in [-0.39, 0.29) is 12.5 Å². The maximum absolute atomic E-state index is 11.8. The minimum absolute atomic E-state index is 0.129. The highest BCUT2D eigenvalue weighted by molar-refractivity contribution is 7.17. The highest BCUT2D eigenvalue weighted by atomic mass is 32.1. The largest absolute Gasteiger partial charge is 0.465 e. The number of aryl methyl sites for hydroxylation is 1. The van der Waals surface area contributed by atoms with Gasteiger partial charge in [-0.25, -0.2) is 9.78 Å². The van der Waals surface area contributed by atoms with Crippen LogP contribution in [0.5, 0.6) is 0 Å². The molecule has 0 aromatic carbocycles. The molecular weight excluding hydrogens is 304 g/mol. The first-order valence-corrected chi connectivity index (χ1v) is 7.20. The number of rotatable bonds is 6. The molecule has 0 aliphatic carbocycles. The first-order chi connectivity index (χ1) is 10.6. The number of hydrogen-bond donors (Lipinski definition) is 1. The van der Waals surface area contributed by atoms with Crippen LogP contribution in [0.25, 0.3) is 6.08 Å². The van der Waals surface area contributed by atoms with Crippen molar-refractivity contribution in [1.29, 1.82) is 0 Å². The quantitative estimate of drug-likeness (QED) is 0.503. The van der Waals surface area contributed by atoms with Gasteiger partial charge in [0.2, 0.25) is 5.91 Å². The lowest BCUT2D eigenvalue weighted by Gasteiger charge is -1.98. The second kappa shape index (κ2) is 7.37. The van der Waals surface area contributed by atoms with Crippen molar-refractivity contribution in [2.45, 2.75) is 6.92 Å². The third-order valence-corrected chi connectivity index (χ3v) is 3.54. The zero-order valence-electron chi connectivity index (χ0n) is 11.9. The first-order valence-electron chi connectivity index (χ1n) is 6.38. The van der Waals surface area contributed by atoms with Gasteiger partial charge in [-0.2, -0.15) is 0 Å². The highest BCUT2D eigenvalue weighted by Gasteiger charge is 2.17. The number of nitrogens with one attached hydrogen (secondary N) is 1. The lowest BCUT2D eigenvalue weighted by molar-refractivity contribution is -0.111. The number of nitrogens with zero attached hydrogens (tertiary/aromatic N) is 1. The summed E-state index contributed by atoms with van der Waals surface area (Å²) in [5.41, 5.74) is 0.504. The summed E-state index contributed by atoms with van der Waals surface area (Å²) in [5.74, 6) is -0.281. The zero-order chi connectivity index (χ0) is 15.9. The van der Waals surface area contributed by atoms with E-state index in [0.717, 1.165) is 11.3 Å². The molecule has 0 radical (unpaired) electrons. The normalized spacial score (nSPS) is 10.6. The number of hydrogen-bond acceptors (Lipinski definition) is 6. The van der Waals surface area contributed by atoms with Crippen LogP contribution in [-0.2, 0) is 9.53 Å². The molecule has 7 heteroatoms. The minimum Gasteiger partial charge on any atom is -0.465 e. The van der Waals surface area contributed by atoms with Gasteiger partial charge in [-0.1, -0.05) is 24.0 Å². The second-order valence-electron chi connectivity index (χ2n) is 4.16. The van der Waals surface area contributed by atoms with Gasteiger partial charge < -0.3 is 9.15 Å². The molecule has 0 bridgehead atoms. The zero-order valence-corrected chi connectivity index (χ0v) is 12.7. The summed E-state index contributed by atoms with van der Waals surface area (Å²) in [5, 5.41) is 2.92. The molecule has 0 unspecified atom stereocenters. The molecule has 0 spiro atoms. The van der Waals surface area contributed by atoms with Gasteiger partial charge in [0.1, 0.15) is 17.2 Å². The highest BCUT2D eigenvalue weighted by Crippen LogP contribution is 2.23. The molecular formula is C15H14N2O4S. The lowest BCUT2D eigenvalue weighted by Crippen LogP contribution is -2.07. The molecule has 0 aliphatic heterocycles. The fraction of sp³-hybridized carbons (Fsp3) is 0.133. The summed E-state index contributed by atoms with van der Waals surface area (Å²) < 4.78 is 10.0. The third kappa shape index (κ3) is 4.16. The summed E-state index contributed by atoms with van der Waals surface area (Å²) in [6, 6.07) is 3.45. The number of anilines is 1. The van der Waals surface area contributed by atoms with Gasteiger partial charge >= 0.3 is 5.97 Å². The van der Waals surface area contributed by atoms with Crippen LogP contribution in [0, 0.1) is 6.92 Å². The van der Waals surface area contributed by atoms with Crippen molar-refractivity contribution in [3.05, 3.63) is 53.5 Å². The molecule has 0 saturated heterocycles. The van der Waals surface area contributed by atoms with Gasteiger partial charge in [0, 0.05) is 6.08 Å². The number of aromatic nitrogens is 1. The van der Waals surface area contributed by atoms with Crippen molar-refractivity contribution >= 4 is 34.4 Å². The van der Waals surface area contributed by atoms with Gasteiger partial charge in [-0.3, -0.25) is 10.1 Å². The number of esters is 1. The summed E-state index contributed by atoms with van der Waals surface area (Å²) >= 11 is 1.06. The Morgan fingerprint density at radius 3 is 3.05 bits per heavy atom. The minimum atomic E-state index is -0.485. The molecule has 22 heavy (non-hydrogen) atoms. The summed E-state index contributed by atoms with van der Waals surface area (Å²) in [4.78, 5) is 28.0. The summed E-state index contributed by atoms with van der Waals surface area (Å²) in [7, 11) is 0. The van der Waals surface area contributed by atoms with E-state index in [1.807, 2.05) is 0 Å². The van der Waals surface area contributed by atoms with Crippen molar-refractivity contribution in [2.24, 2.45) is 0 Å². The van der Waals surface area contributed by atoms with E-state index < -0.39 is 5.97 Å². The molecule has 6 nitrogen and oxygen atoms in total. The van der Waals surface area contributed by atoms with Gasteiger partial charge in [0.25, 0.3) is 0 Å². The number of ether oxygens (including phenoxy) is 1. The molecule has 1 N–H and O–H groups in total. The maximum Gasteiger partial charge on any atom is 0.350 e. The Balaban J connectivity index is 2.00. The molecule has 2 aromatic rings. The van der Waals surface area contributed by atoms with Crippen LogP contribution in [0.1, 0.15) is 21.1 Å². The molecule has 0 saturated carbocycles. The van der Waals surface area contributed by atoms with Crippen molar-refractivity contribution in [1.82, 2.24) is 4.98 Å². The Morgan fingerprint density at radius 2 is 2.36 bits per heavy atom. The van der Waals surface area contributed by atoms with Crippen LogP contribution in [-0.4, -0.2) is 23.5 Å². The van der Waals surface area contributed by atoms with E-state index in [1.165, 1.54) is 24.5 Å². The monoisotopic (exact) mass is 318 g/mol. The molecule has 2 heterocycles. The van der Waals surface area contributed by atoms with E-state index in [0.29, 0.717) is 21.5 Å². The fourth-order valence-corrected chi connectivity index (χ4v) is 2.39. The predicted octanol–water partition coefficient (Wildman–Crippen LogP) is 3.04. The number of amides is 1. The maximum atomic E-state index is 11.8. The first kappa shape index (κ1) is 15.7. The van der Waals surface area contributed by atoms with E-state index in [2.05, 4.69) is 16.9 Å². The van der Waals surface area contributed by atoms with Crippen LogP contribution in [0.4, 0.5) is 5.13 Å². The molecule has 0 atom stereocenters. The summed E-state index contributed by atoms with van der Waals surface area (Å²) in [6.07, 6.45) is 5.86. The van der Waals surface area contributed by atoms with Crippen molar-refractivity contribution in [3.63, 3.8) is 0 Å². The molecule has 0 fully saturated rings. The standard InChI is InChI=1S/C15H14N2O4S/c1-3-8-21-14(19)13-10(2)16-15(22-13)17-12(18)7-6-11-5-4-9-20-11/h3-7,9H,1,8H2,2H3,(H,16,17,18). The topological polar surface area (TPSA) is 81.4 Å². The van der Waals surface area contributed by atoms with Crippen molar-refractivity contribution in [3.8, 4) is 0 Å². The molecule has 2 aromatic heterocycles. The van der Waals surface area contributed by atoms with Crippen molar-refractivity contribution in [2.75, 3.05) is 11.9 Å². The van der Waals surface area contributed by atoms with Gasteiger partial charge in [0.15, 0.2) is 5.13 Å². The molecule has 1 amide bonds. The molecule has 2 rings (SSSR count). The van der Waals surface area contributed by atoms with Crippen molar-refractivity contribution < 1.29 is 18.7 Å². The fourth-order valence-electron chi connectivity index (χ4n) is 1.53.